The molecule has 0 saturated carbocycles. The van der Waals surface area contributed by atoms with Crippen LogP contribution in [0.15, 0.2) is 24.3 Å². The van der Waals surface area contributed by atoms with Gasteiger partial charge in [-0.05, 0) is 26.0 Å². The quantitative estimate of drug-likeness (QED) is 0.785. The SMILES string of the molecule is CCOC(CNC(=O)c1ccc(C)cc1)CC(=O)O. The van der Waals surface area contributed by atoms with Crippen molar-refractivity contribution in [3.8, 4) is 0 Å². The highest BCUT2D eigenvalue weighted by Crippen LogP contribution is 2.04. The van der Waals surface area contributed by atoms with Crippen LogP contribution in [0.2, 0.25) is 0 Å². The number of nitrogens with one attached hydrogen (secondary N) is 1. The topological polar surface area (TPSA) is 75.6 Å². The van der Waals surface area contributed by atoms with E-state index >= 15 is 0 Å². The van der Waals surface area contributed by atoms with Gasteiger partial charge in [-0.3, -0.25) is 9.59 Å². The zero-order chi connectivity index (χ0) is 14.3. The van der Waals surface area contributed by atoms with E-state index in [1.165, 1.54) is 0 Å². The molecule has 104 valence electrons. The van der Waals surface area contributed by atoms with Gasteiger partial charge in [0, 0.05) is 18.7 Å². The van der Waals surface area contributed by atoms with Gasteiger partial charge >= 0.3 is 5.97 Å². The molecule has 0 spiro atoms. The van der Waals surface area contributed by atoms with Gasteiger partial charge < -0.3 is 15.2 Å². The second-order valence-electron chi connectivity index (χ2n) is 4.25. The fourth-order valence-electron chi connectivity index (χ4n) is 1.63. The van der Waals surface area contributed by atoms with Crippen molar-refractivity contribution in [3.05, 3.63) is 35.4 Å². The van der Waals surface area contributed by atoms with Gasteiger partial charge in [0.1, 0.15) is 0 Å². The van der Waals surface area contributed by atoms with Gasteiger partial charge in [0.2, 0.25) is 0 Å². The number of carbonyl (C=O) groups excluding carboxylic acids is 1. The summed E-state index contributed by atoms with van der Waals surface area (Å²) in [6.07, 6.45) is -0.626. The summed E-state index contributed by atoms with van der Waals surface area (Å²) < 4.78 is 5.26. The maximum atomic E-state index is 11.8. The van der Waals surface area contributed by atoms with E-state index in [1.807, 2.05) is 19.1 Å². The first kappa shape index (κ1) is 15.2. The molecule has 5 nitrogen and oxygen atoms in total. The van der Waals surface area contributed by atoms with Crippen LogP contribution in [0.4, 0.5) is 0 Å². The van der Waals surface area contributed by atoms with E-state index in [4.69, 9.17) is 9.84 Å². The molecule has 1 amide bonds. The maximum absolute atomic E-state index is 11.8. The highest BCUT2D eigenvalue weighted by atomic mass is 16.5. The largest absolute Gasteiger partial charge is 0.481 e. The van der Waals surface area contributed by atoms with E-state index in [0.29, 0.717) is 12.2 Å². The van der Waals surface area contributed by atoms with Crippen LogP contribution in [-0.4, -0.2) is 36.2 Å². The summed E-state index contributed by atoms with van der Waals surface area (Å²) in [6.45, 7) is 4.33. The normalized spacial score (nSPS) is 11.9. The van der Waals surface area contributed by atoms with Crippen LogP contribution in [0.25, 0.3) is 0 Å². The van der Waals surface area contributed by atoms with Gasteiger partial charge in [0.15, 0.2) is 0 Å². The summed E-state index contributed by atoms with van der Waals surface area (Å²) in [6, 6.07) is 7.17. The van der Waals surface area contributed by atoms with Crippen LogP contribution in [0.1, 0.15) is 29.3 Å². The van der Waals surface area contributed by atoms with E-state index < -0.39 is 12.1 Å². The molecular formula is C14H19NO4. The minimum absolute atomic E-state index is 0.123. The van der Waals surface area contributed by atoms with Gasteiger partial charge in [-0.1, -0.05) is 17.7 Å². The summed E-state index contributed by atoms with van der Waals surface area (Å²) in [4.78, 5) is 22.5. The number of hydrogen-bond acceptors (Lipinski definition) is 3. The van der Waals surface area contributed by atoms with Crippen molar-refractivity contribution < 1.29 is 19.4 Å². The molecule has 0 aromatic heterocycles. The van der Waals surface area contributed by atoms with Gasteiger partial charge in [0.25, 0.3) is 5.91 Å². The van der Waals surface area contributed by atoms with Crippen LogP contribution in [0, 0.1) is 6.92 Å². The van der Waals surface area contributed by atoms with Gasteiger partial charge in [-0.25, -0.2) is 0 Å². The number of hydrogen-bond donors (Lipinski definition) is 2. The van der Waals surface area contributed by atoms with Crippen LogP contribution in [0.5, 0.6) is 0 Å². The summed E-state index contributed by atoms with van der Waals surface area (Å²) in [5, 5.41) is 11.4. The van der Waals surface area contributed by atoms with Crippen LogP contribution < -0.4 is 5.32 Å². The molecule has 0 saturated heterocycles. The first-order chi connectivity index (χ1) is 9.02. The number of ether oxygens (including phenoxy) is 1. The van der Waals surface area contributed by atoms with E-state index in [2.05, 4.69) is 5.32 Å². The van der Waals surface area contributed by atoms with Gasteiger partial charge in [0.05, 0.1) is 12.5 Å². The lowest BCUT2D eigenvalue weighted by Crippen LogP contribution is -2.35. The number of carboxylic acid groups (broad SMARTS) is 1. The standard InChI is InChI=1S/C14H19NO4/c1-3-19-12(8-13(16)17)9-15-14(18)11-6-4-10(2)5-7-11/h4-7,12H,3,8-9H2,1-2H3,(H,15,18)(H,16,17). The Balaban J connectivity index is 2.51. The first-order valence-electron chi connectivity index (χ1n) is 6.21. The molecule has 5 heteroatoms. The third-order valence-corrected chi connectivity index (χ3v) is 2.61. The number of benzene rings is 1. The monoisotopic (exact) mass is 265 g/mol. The highest BCUT2D eigenvalue weighted by Gasteiger charge is 2.15. The number of aliphatic carboxylic acids is 1. The van der Waals surface area contributed by atoms with E-state index in [1.54, 1.807) is 19.1 Å². The second kappa shape index (κ2) is 7.53. The molecule has 0 bridgehead atoms. The van der Waals surface area contributed by atoms with Crippen molar-refractivity contribution >= 4 is 11.9 Å². The Kier molecular flexibility index (Phi) is 6.02. The van der Waals surface area contributed by atoms with Gasteiger partial charge in [-0.2, -0.15) is 0 Å². The molecule has 1 rings (SSSR count). The van der Waals surface area contributed by atoms with Crippen molar-refractivity contribution in [1.29, 1.82) is 0 Å². The zero-order valence-corrected chi connectivity index (χ0v) is 11.2. The maximum Gasteiger partial charge on any atom is 0.306 e. The van der Waals surface area contributed by atoms with E-state index in [-0.39, 0.29) is 18.9 Å². The van der Waals surface area contributed by atoms with Gasteiger partial charge in [-0.15, -0.1) is 0 Å². The second-order valence-corrected chi connectivity index (χ2v) is 4.25. The van der Waals surface area contributed by atoms with Crippen molar-refractivity contribution in [2.75, 3.05) is 13.2 Å². The summed E-state index contributed by atoms with van der Waals surface area (Å²) >= 11 is 0. The summed E-state index contributed by atoms with van der Waals surface area (Å²) in [5.74, 6) is -1.17. The van der Waals surface area contributed by atoms with Crippen molar-refractivity contribution in [3.63, 3.8) is 0 Å². The Labute approximate surface area is 112 Å². The predicted octanol–water partition coefficient (Wildman–Crippen LogP) is 1.60. The molecule has 1 atom stereocenters. The van der Waals surface area contributed by atoms with Crippen LogP contribution >= 0.6 is 0 Å². The number of amides is 1. The van der Waals surface area contributed by atoms with E-state index in [9.17, 15) is 9.59 Å². The Morgan fingerprint density at radius 3 is 2.47 bits per heavy atom. The lowest BCUT2D eigenvalue weighted by molar-refractivity contribution is -0.140. The molecule has 1 aromatic carbocycles. The Bertz CT molecular complexity index is 428. The smallest absolute Gasteiger partial charge is 0.306 e. The lowest BCUT2D eigenvalue weighted by atomic mass is 10.1. The molecule has 19 heavy (non-hydrogen) atoms. The van der Waals surface area contributed by atoms with Crippen LogP contribution in [0.3, 0.4) is 0 Å². The fraction of sp³-hybridized carbons (Fsp3) is 0.429. The molecule has 1 aromatic rings. The number of carbonyl (C=O) groups is 2. The lowest BCUT2D eigenvalue weighted by Gasteiger charge is -2.15. The molecule has 0 fully saturated rings. The summed E-state index contributed by atoms with van der Waals surface area (Å²) in [5.41, 5.74) is 1.63. The molecule has 0 aliphatic heterocycles. The molecule has 1 unspecified atom stereocenters. The Morgan fingerprint density at radius 2 is 1.95 bits per heavy atom. The summed E-state index contributed by atoms with van der Waals surface area (Å²) in [7, 11) is 0. The molecule has 0 radical (unpaired) electrons. The number of rotatable bonds is 7. The molecular weight excluding hydrogens is 246 g/mol. The average Bonchev–Trinajstić information content (AvgIpc) is 2.36. The van der Waals surface area contributed by atoms with Crippen molar-refractivity contribution in [2.45, 2.75) is 26.4 Å². The Morgan fingerprint density at radius 1 is 1.32 bits per heavy atom. The van der Waals surface area contributed by atoms with E-state index in [0.717, 1.165) is 5.56 Å². The molecule has 0 aliphatic carbocycles. The minimum Gasteiger partial charge on any atom is -0.481 e. The minimum atomic E-state index is -0.942. The van der Waals surface area contributed by atoms with Crippen molar-refractivity contribution in [1.82, 2.24) is 5.32 Å². The average molecular weight is 265 g/mol. The van der Waals surface area contributed by atoms with Crippen molar-refractivity contribution in [2.24, 2.45) is 0 Å². The fourth-order valence-corrected chi connectivity index (χ4v) is 1.63. The first-order valence-corrected chi connectivity index (χ1v) is 6.21. The number of aryl methyl sites for hydroxylation is 1. The third kappa shape index (κ3) is 5.52. The molecule has 0 aliphatic rings. The highest BCUT2D eigenvalue weighted by molar-refractivity contribution is 5.94. The third-order valence-electron chi connectivity index (χ3n) is 2.61. The predicted molar refractivity (Wildman–Crippen MR) is 71.2 cm³/mol. The zero-order valence-electron chi connectivity index (χ0n) is 11.2. The molecule has 0 heterocycles. The molecule has 2 N–H and O–H groups in total. The number of carboxylic acids is 1. The Hall–Kier alpha value is -1.88. The van der Waals surface area contributed by atoms with Crippen LogP contribution in [-0.2, 0) is 9.53 Å².